The van der Waals surface area contributed by atoms with Gasteiger partial charge in [-0.15, -0.1) is 0 Å². The van der Waals surface area contributed by atoms with E-state index in [0.717, 1.165) is 67.6 Å². The normalized spacial score (nSPS) is 16.6. The molecule has 0 aromatic carbocycles. The Labute approximate surface area is 131 Å². The molecule has 0 amide bonds. The van der Waals surface area contributed by atoms with Gasteiger partial charge in [0.2, 0.25) is 0 Å². The van der Waals surface area contributed by atoms with Crippen molar-refractivity contribution in [3.05, 3.63) is 23.0 Å². The van der Waals surface area contributed by atoms with Crippen LogP contribution in [0, 0.1) is 13.8 Å². The highest BCUT2D eigenvalue weighted by Gasteiger charge is 2.21. The van der Waals surface area contributed by atoms with Crippen LogP contribution in [0.25, 0.3) is 5.65 Å². The third kappa shape index (κ3) is 2.68. The van der Waals surface area contributed by atoms with E-state index in [0.29, 0.717) is 0 Å². The first-order valence-corrected chi connectivity index (χ1v) is 8.08. The fraction of sp³-hybridized carbons (Fsp3) is 0.625. The second-order valence-electron chi connectivity index (χ2n) is 5.96. The third-order valence-corrected chi connectivity index (χ3v) is 4.57. The average molecular weight is 303 g/mol. The second-order valence-corrected chi connectivity index (χ2v) is 5.96. The number of aromatic nitrogens is 3. The lowest BCUT2D eigenvalue weighted by Gasteiger charge is -2.35. The molecule has 1 aliphatic heterocycles. The highest BCUT2D eigenvalue weighted by molar-refractivity contribution is 5.57. The van der Waals surface area contributed by atoms with E-state index in [1.807, 2.05) is 11.4 Å². The fourth-order valence-electron chi connectivity index (χ4n) is 3.01. The highest BCUT2D eigenvalue weighted by atomic mass is 16.3. The first-order valence-electron chi connectivity index (χ1n) is 8.08. The molecule has 6 nitrogen and oxygen atoms in total. The summed E-state index contributed by atoms with van der Waals surface area (Å²) in [6, 6.07) is 2.17. The number of β-amino-alcohol motifs (C(OH)–C–C–N with tert-alkyl or cyclic N) is 1. The number of aryl methyl sites for hydroxylation is 3. The Kier molecular flexibility index (Phi) is 4.31. The van der Waals surface area contributed by atoms with Gasteiger partial charge in [-0.25, -0.2) is 4.98 Å². The van der Waals surface area contributed by atoms with Crippen LogP contribution in [0.1, 0.15) is 23.9 Å². The maximum absolute atomic E-state index is 9.07. The van der Waals surface area contributed by atoms with Crippen LogP contribution in [0.15, 0.2) is 6.07 Å². The molecule has 1 saturated heterocycles. The lowest BCUT2D eigenvalue weighted by Crippen LogP contribution is -2.47. The van der Waals surface area contributed by atoms with Gasteiger partial charge in [0.15, 0.2) is 5.65 Å². The Balaban J connectivity index is 1.95. The molecule has 0 aliphatic carbocycles. The number of aliphatic hydroxyl groups is 1. The number of nitrogens with zero attached hydrogens (tertiary/aromatic N) is 5. The number of hydrogen-bond acceptors (Lipinski definition) is 5. The van der Waals surface area contributed by atoms with Gasteiger partial charge < -0.3 is 10.0 Å². The summed E-state index contributed by atoms with van der Waals surface area (Å²) < 4.78 is 1.99. The van der Waals surface area contributed by atoms with Crippen molar-refractivity contribution in [2.24, 2.45) is 0 Å². The predicted molar refractivity (Wildman–Crippen MR) is 87.6 cm³/mol. The molecule has 6 heteroatoms. The number of anilines is 1. The van der Waals surface area contributed by atoms with Crippen molar-refractivity contribution in [2.45, 2.75) is 27.2 Å². The summed E-state index contributed by atoms with van der Waals surface area (Å²) in [4.78, 5) is 9.43. The third-order valence-electron chi connectivity index (χ3n) is 4.57. The van der Waals surface area contributed by atoms with Crippen molar-refractivity contribution < 1.29 is 5.11 Å². The van der Waals surface area contributed by atoms with E-state index in [2.05, 4.69) is 34.8 Å². The zero-order chi connectivity index (χ0) is 15.7. The van der Waals surface area contributed by atoms with Crippen molar-refractivity contribution >= 4 is 11.5 Å². The fourth-order valence-corrected chi connectivity index (χ4v) is 3.01. The van der Waals surface area contributed by atoms with E-state index in [1.54, 1.807) is 0 Å². The molecule has 3 heterocycles. The Morgan fingerprint density at radius 2 is 1.91 bits per heavy atom. The summed E-state index contributed by atoms with van der Waals surface area (Å²) in [5.41, 5.74) is 4.30. The Morgan fingerprint density at radius 1 is 1.18 bits per heavy atom. The van der Waals surface area contributed by atoms with Gasteiger partial charge in [0, 0.05) is 50.0 Å². The molecule has 1 fully saturated rings. The largest absolute Gasteiger partial charge is 0.395 e. The van der Waals surface area contributed by atoms with Crippen LogP contribution < -0.4 is 4.90 Å². The smallest absolute Gasteiger partial charge is 0.160 e. The molecule has 0 atom stereocenters. The van der Waals surface area contributed by atoms with Crippen LogP contribution >= 0.6 is 0 Å². The van der Waals surface area contributed by atoms with Gasteiger partial charge in [0.1, 0.15) is 5.82 Å². The molecule has 2 aromatic rings. The predicted octanol–water partition coefficient (Wildman–Crippen LogP) is 1.02. The summed E-state index contributed by atoms with van der Waals surface area (Å²) in [6.45, 7) is 11.1. The summed E-state index contributed by atoms with van der Waals surface area (Å²) >= 11 is 0. The van der Waals surface area contributed by atoms with E-state index in [-0.39, 0.29) is 6.61 Å². The van der Waals surface area contributed by atoms with Gasteiger partial charge in [-0.3, -0.25) is 4.90 Å². The Hall–Kier alpha value is -1.66. The van der Waals surface area contributed by atoms with Gasteiger partial charge in [0.05, 0.1) is 12.3 Å². The molecule has 120 valence electrons. The standard InChI is InChI=1S/C16H25N5O/c1-4-14-11-15(20-7-5-19(6-8-20)9-10-22)21-16(17-14)12(2)13(3)18-21/h11,22H,4-10H2,1-3H3. The van der Waals surface area contributed by atoms with Gasteiger partial charge in [-0.2, -0.15) is 9.61 Å². The number of rotatable bonds is 4. The van der Waals surface area contributed by atoms with Crippen molar-refractivity contribution in [3.63, 3.8) is 0 Å². The number of aliphatic hydroxyl groups excluding tert-OH is 1. The molecule has 3 rings (SSSR count). The van der Waals surface area contributed by atoms with Crippen molar-refractivity contribution in [2.75, 3.05) is 44.2 Å². The molecule has 22 heavy (non-hydrogen) atoms. The van der Waals surface area contributed by atoms with E-state index in [1.165, 1.54) is 0 Å². The van der Waals surface area contributed by atoms with Gasteiger partial charge in [0.25, 0.3) is 0 Å². The molecule has 0 radical (unpaired) electrons. The van der Waals surface area contributed by atoms with Crippen LogP contribution in [0.5, 0.6) is 0 Å². The number of hydrogen-bond donors (Lipinski definition) is 1. The van der Waals surface area contributed by atoms with Crippen LogP contribution in [0.4, 0.5) is 5.82 Å². The summed E-state index contributed by atoms with van der Waals surface area (Å²) in [7, 11) is 0. The molecule has 0 unspecified atom stereocenters. The molecule has 0 spiro atoms. The first-order chi connectivity index (χ1) is 10.6. The molecule has 1 N–H and O–H groups in total. The second kappa shape index (κ2) is 6.22. The van der Waals surface area contributed by atoms with Gasteiger partial charge in [-0.1, -0.05) is 6.92 Å². The summed E-state index contributed by atoms with van der Waals surface area (Å²) in [5, 5.41) is 13.7. The molecular weight excluding hydrogens is 278 g/mol. The minimum atomic E-state index is 0.233. The maximum atomic E-state index is 9.07. The van der Waals surface area contributed by atoms with Crippen molar-refractivity contribution in [3.8, 4) is 0 Å². The van der Waals surface area contributed by atoms with Crippen molar-refractivity contribution in [1.82, 2.24) is 19.5 Å². The summed E-state index contributed by atoms with van der Waals surface area (Å²) in [5.74, 6) is 1.14. The quantitative estimate of drug-likeness (QED) is 0.914. The monoisotopic (exact) mass is 303 g/mol. The zero-order valence-corrected chi connectivity index (χ0v) is 13.7. The number of piperazine rings is 1. The SMILES string of the molecule is CCc1cc(N2CCN(CCO)CC2)n2nc(C)c(C)c2n1. The number of fused-ring (bicyclic) bond motifs is 1. The Morgan fingerprint density at radius 3 is 2.55 bits per heavy atom. The lowest BCUT2D eigenvalue weighted by molar-refractivity contribution is 0.188. The highest BCUT2D eigenvalue weighted by Crippen LogP contribution is 2.22. The lowest BCUT2D eigenvalue weighted by atomic mass is 10.2. The minimum absolute atomic E-state index is 0.233. The van der Waals surface area contributed by atoms with Crippen LogP contribution in [0.2, 0.25) is 0 Å². The summed E-state index contributed by atoms with van der Waals surface area (Å²) in [6.07, 6.45) is 0.928. The maximum Gasteiger partial charge on any atom is 0.160 e. The van der Waals surface area contributed by atoms with Crippen LogP contribution in [-0.2, 0) is 6.42 Å². The Bertz CT molecular complexity index is 658. The van der Waals surface area contributed by atoms with E-state index < -0.39 is 0 Å². The molecule has 2 aromatic heterocycles. The molecule has 1 aliphatic rings. The molecule has 0 saturated carbocycles. The van der Waals surface area contributed by atoms with E-state index in [4.69, 9.17) is 10.1 Å². The molecule has 0 bridgehead atoms. The van der Waals surface area contributed by atoms with Crippen molar-refractivity contribution in [1.29, 1.82) is 0 Å². The zero-order valence-electron chi connectivity index (χ0n) is 13.7. The van der Waals surface area contributed by atoms with Crippen LogP contribution in [0.3, 0.4) is 0 Å². The topological polar surface area (TPSA) is 56.9 Å². The van der Waals surface area contributed by atoms with E-state index >= 15 is 0 Å². The van der Waals surface area contributed by atoms with Gasteiger partial charge in [-0.05, 0) is 20.3 Å². The van der Waals surface area contributed by atoms with Crippen LogP contribution in [-0.4, -0.2) is 63.9 Å². The minimum Gasteiger partial charge on any atom is -0.395 e. The average Bonchev–Trinajstić information content (AvgIpc) is 2.83. The van der Waals surface area contributed by atoms with Gasteiger partial charge >= 0.3 is 0 Å². The molecular formula is C16H25N5O. The first kappa shape index (κ1) is 15.2. The van der Waals surface area contributed by atoms with E-state index in [9.17, 15) is 0 Å².